The van der Waals surface area contributed by atoms with Gasteiger partial charge in [0.25, 0.3) is 0 Å². The number of aliphatic hydroxyl groups excluding tert-OH is 1. The van der Waals surface area contributed by atoms with Crippen molar-refractivity contribution in [2.75, 3.05) is 6.61 Å². The van der Waals surface area contributed by atoms with Crippen LogP contribution in [-0.4, -0.2) is 22.5 Å². The summed E-state index contributed by atoms with van der Waals surface area (Å²) in [6, 6.07) is 7.86. The maximum Gasteiger partial charge on any atom is 0.165 e. The summed E-state index contributed by atoms with van der Waals surface area (Å²) in [4.78, 5) is 15.3. The van der Waals surface area contributed by atoms with Crippen LogP contribution in [0.15, 0.2) is 24.3 Å². The highest BCUT2D eigenvalue weighted by Gasteiger charge is 2.27. The number of hydrogen-bond acceptors (Lipinski definition) is 2. The van der Waals surface area contributed by atoms with Crippen molar-refractivity contribution in [2.24, 2.45) is 5.92 Å². The van der Waals surface area contributed by atoms with Crippen LogP contribution < -0.4 is 0 Å². The molecule has 0 fully saturated rings. The lowest BCUT2D eigenvalue weighted by atomic mass is 9.86. The fourth-order valence-corrected chi connectivity index (χ4v) is 2.52. The molecule has 3 rings (SSSR count). The van der Waals surface area contributed by atoms with Crippen molar-refractivity contribution in [3.05, 3.63) is 35.5 Å². The number of ketones is 1. The number of aromatic amines is 1. The van der Waals surface area contributed by atoms with E-state index in [-0.39, 0.29) is 18.3 Å². The zero-order valence-electron chi connectivity index (χ0n) is 8.86. The molecule has 0 radical (unpaired) electrons. The molecule has 3 nitrogen and oxygen atoms in total. The predicted octanol–water partition coefficient (Wildman–Crippen LogP) is 1.91. The Morgan fingerprint density at radius 3 is 2.94 bits per heavy atom. The van der Waals surface area contributed by atoms with Gasteiger partial charge in [0.2, 0.25) is 0 Å². The lowest BCUT2D eigenvalue weighted by Crippen LogP contribution is -2.22. The van der Waals surface area contributed by atoms with Crippen LogP contribution in [0.4, 0.5) is 0 Å². The van der Waals surface area contributed by atoms with Gasteiger partial charge in [-0.05, 0) is 18.4 Å². The van der Waals surface area contributed by atoms with E-state index in [9.17, 15) is 4.79 Å². The van der Waals surface area contributed by atoms with E-state index in [0.717, 1.165) is 28.6 Å². The van der Waals surface area contributed by atoms with Crippen LogP contribution in [-0.2, 0) is 6.42 Å². The number of aromatic nitrogens is 1. The molecule has 1 unspecified atom stereocenters. The van der Waals surface area contributed by atoms with Crippen molar-refractivity contribution in [2.45, 2.75) is 12.8 Å². The van der Waals surface area contributed by atoms with E-state index in [2.05, 4.69) is 4.98 Å². The van der Waals surface area contributed by atoms with Crippen molar-refractivity contribution in [3.63, 3.8) is 0 Å². The van der Waals surface area contributed by atoms with Crippen LogP contribution in [0.5, 0.6) is 0 Å². The Bertz CT molecular complexity index is 556. The highest BCUT2D eigenvalue weighted by Crippen LogP contribution is 2.31. The normalized spacial score (nSPS) is 20.1. The van der Waals surface area contributed by atoms with Gasteiger partial charge < -0.3 is 10.1 Å². The third-order valence-corrected chi connectivity index (χ3v) is 3.29. The number of carbonyl (C=O) groups excluding carboxylic acids is 1. The number of rotatable bonds is 1. The smallest absolute Gasteiger partial charge is 0.165 e. The Balaban J connectivity index is 2.21. The number of H-pyrrole nitrogens is 1. The van der Waals surface area contributed by atoms with E-state index in [0.29, 0.717) is 6.42 Å². The van der Waals surface area contributed by atoms with E-state index >= 15 is 0 Å². The Labute approximate surface area is 93.1 Å². The monoisotopic (exact) mass is 215 g/mol. The summed E-state index contributed by atoms with van der Waals surface area (Å²) in [5.41, 5.74) is 2.83. The second kappa shape index (κ2) is 3.46. The molecule has 1 aromatic heterocycles. The molecule has 0 saturated carbocycles. The summed E-state index contributed by atoms with van der Waals surface area (Å²) >= 11 is 0. The molecule has 3 heteroatoms. The average Bonchev–Trinajstić information content (AvgIpc) is 2.67. The van der Waals surface area contributed by atoms with Crippen molar-refractivity contribution in [1.29, 1.82) is 0 Å². The molecule has 1 aliphatic carbocycles. The Kier molecular flexibility index (Phi) is 2.07. The maximum absolute atomic E-state index is 12.0. The molecule has 0 spiro atoms. The van der Waals surface area contributed by atoms with Gasteiger partial charge in [0.05, 0.1) is 0 Å². The van der Waals surface area contributed by atoms with Crippen molar-refractivity contribution >= 4 is 16.7 Å². The molecule has 0 saturated heterocycles. The predicted molar refractivity (Wildman–Crippen MR) is 61.5 cm³/mol. The number of aliphatic hydroxyl groups is 1. The fourth-order valence-electron chi connectivity index (χ4n) is 2.52. The molecule has 82 valence electrons. The van der Waals surface area contributed by atoms with Crippen LogP contribution in [0.25, 0.3) is 10.9 Å². The number of para-hydroxylation sites is 1. The largest absolute Gasteiger partial charge is 0.396 e. The zero-order chi connectivity index (χ0) is 11.1. The van der Waals surface area contributed by atoms with Gasteiger partial charge in [0.1, 0.15) is 0 Å². The summed E-state index contributed by atoms with van der Waals surface area (Å²) in [7, 11) is 0. The van der Waals surface area contributed by atoms with Gasteiger partial charge in [-0.3, -0.25) is 4.79 Å². The molecule has 1 aromatic carbocycles. The topological polar surface area (TPSA) is 53.1 Å². The van der Waals surface area contributed by atoms with Gasteiger partial charge in [-0.2, -0.15) is 0 Å². The molecule has 16 heavy (non-hydrogen) atoms. The van der Waals surface area contributed by atoms with Crippen LogP contribution >= 0.6 is 0 Å². The second-order valence-corrected chi connectivity index (χ2v) is 4.40. The molecule has 0 bridgehead atoms. The fraction of sp³-hybridized carbons (Fsp3) is 0.308. The van der Waals surface area contributed by atoms with E-state index in [1.165, 1.54) is 0 Å². The number of nitrogens with one attached hydrogen (secondary N) is 1. The summed E-state index contributed by atoms with van der Waals surface area (Å²) in [5.74, 6) is 0.228. The van der Waals surface area contributed by atoms with Gasteiger partial charge in [-0.15, -0.1) is 0 Å². The Morgan fingerprint density at radius 2 is 2.12 bits per heavy atom. The lowest BCUT2D eigenvalue weighted by Gasteiger charge is -2.18. The second-order valence-electron chi connectivity index (χ2n) is 4.40. The third-order valence-electron chi connectivity index (χ3n) is 3.29. The minimum absolute atomic E-state index is 0.0769. The number of benzene rings is 1. The Hall–Kier alpha value is -1.61. The van der Waals surface area contributed by atoms with Crippen LogP contribution in [0.2, 0.25) is 0 Å². The maximum atomic E-state index is 12.0. The minimum atomic E-state index is 0.0769. The first-order valence-electron chi connectivity index (χ1n) is 5.53. The average molecular weight is 215 g/mol. The standard InChI is InChI=1S/C13H13NO2/c15-7-8-5-11-13(12(16)6-8)9-3-1-2-4-10(9)14-11/h1-4,8,14-15H,5-7H2. The third kappa shape index (κ3) is 1.28. The van der Waals surface area contributed by atoms with Crippen molar-refractivity contribution in [1.82, 2.24) is 4.98 Å². The molecular weight excluding hydrogens is 202 g/mol. The van der Waals surface area contributed by atoms with Crippen LogP contribution in [0.1, 0.15) is 22.5 Å². The van der Waals surface area contributed by atoms with Crippen LogP contribution in [0.3, 0.4) is 0 Å². The number of hydrogen-bond donors (Lipinski definition) is 2. The van der Waals surface area contributed by atoms with Gasteiger partial charge in [-0.1, -0.05) is 18.2 Å². The molecular formula is C13H13NO2. The number of carbonyl (C=O) groups is 1. The summed E-state index contributed by atoms with van der Waals surface area (Å²) in [6.45, 7) is 0.0839. The van der Waals surface area contributed by atoms with E-state index in [1.54, 1.807) is 0 Å². The molecule has 2 aromatic rings. The highest BCUT2D eigenvalue weighted by atomic mass is 16.3. The number of Topliss-reactive ketones (excluding diaryl/α,β-unsaturated/α-hetero) is 1. The first-order valence-corrected chi connectivity index (χ1v) is 5.53. The first kappa shape index (κ1) is 9.60. The van der Waals surface area contributed by atoms with E-state index < -0.39 is 0 Å². The molecule has 0 aliphatic heterocycles. The van der Waals surface area contributed by atoms with E-state index in [4.69, 9.17) is 5.11 Å². The van der Waals surface area contributed by atoms with Gasteiger partial charge in [-0.25, -0.2) is 0 Å². The van der Waals surface area contributed by atoms with Gasteiger partial charge >= 0.3 is 0 Å². The molecule has 1 heterocycles. The van der Waals surface area contributed by atoms with Crippen LogP contribution in [0, 0.1) is 5.92 Å². The zero-order valence-corrected chi connectivity index (χ0v) is 8.86. The summed E-state index contributed by atoms with van der Waals surface area (Å²) in [5, 5.41) is 10.2. The summed E-state index contributed by atoms with van der Waals surface area (Å²) in [6.07, 6.45) is 1.23. The molecule has 1 atom stereocenters. The first-order chi connectivity index (χ1) is 7.79. The molecule has 0 amide bonds. The Morgan fingerprint density at radius 1 is 1.31 bits per heavy atom. The lowest BCUT2D eigenvalue weighted by molar-refractivity contribution is 0.0920. The van der Waals surface area contributed by atoms with Crippen molar-refractivity contribution in [3.8, 4) is 0 Å². The van der Waals surface area contributed by atoms with Gasteiger partial charge in [0, 0.05) is 35.2 Å². The van der Waals surface area contributed by atoms with Gasteiger partial charge in [0.15, 0.2) is 5.78 Å². The SMILES string of the molecule is O=C1CC(CO)Cc2[nH]c3ccccc3c21. The highest BCUT2D eigenvalue weighted by molar-refractivity contribution is 6.10. The quantitative estimate of drug-likeness (QED) is 0.763. The summed E-state index contributed by atoms with van der Waals surface area (Å²) < 4.78 is 0. The van der Waals surface area contributed by atoms with Crippen molar-refractivity contribution < 1.29 is 9.90 Å². The number of fused-ring (bicyclic) bond motifs is 3. The van der Waals surface area contributed by atoms with E-state index in [1.807, 2.05) is 24.3 Å². The molecule has 1 aliphatic rings. The minimum Gasteiger partial charge on any atom is -0.396 e. The molecule has 2 N–H and O–H groups in total.